The van der Waals surface area contributed by atoms with Gasteiger partial charge < -0.3 is 14.5 Å². The Bertz CT molecular complexity index is 1680. The van der Waals surface area contributed by atoms with Gasteiger partial charge in [0.15, 0.2) is 0 Å². The Hall–Kier alpha value is -3.76. The van der Waals surface area contributed by atoms with E-state index < -0.39 is 5.56 Å². The van der Waals surface area contributed by atoms with E-state index >= 15 is 0 Å². The van der Waals surface area contributed by atoms with Crippen LogP contribution in [0.5, 0.6) is 0 Å². The fraction of sp³-hybridized carbons (Fsp3) is 0.312. The molecular formula is C32H33Cl2N5O4. The van der Waals surface area contributed by atoms with E-state index in [2.05, 4.69) is 9.88 Å². The number of benzene rings is 3. The number of carbonyl (C=O) groups excluding carboxylic acids is 2. The van der Waals surface area contributed by atoms with E-state index in [0.717, 1.165) is 29.8 Å². The molecule has 0 saturated carbocycles. The fourth-order valence-corrected chi connectivity index (χ4v) is 5.50. The maximum atomic E-state index is 13.8. The first-order chi connectivity index (χ1) is 20.6. The van der Waals surface area contributed by atoms with E-state index in [0.29, 0.717) is 41.4 Å². The molecule has 0 bridgehead atoms. The van der Waals surface area contributed by atoms with Gasteiger partial charge in [-0.1, -0.05) is 59.6 Å². The van der Waals surface area contributed by atoms with E-state index in [1.807, 2.05) is 48.5 Å². The lowest BCUT2D eigenvalue weighted by Gasteiger charge is -2.35. The molecule has 1 atom stereocenters. The highest BCUT2D eigenvalue weighted by Crippen LogP contribution is 2.28. The second-order valence-corrected chi connectivity index (χ2v) is 11.6. The van der Waals surface area contributed by atoms with Crippen LogP contribution < -0.4 is 5.56 Å². The van der Waals surface area contributed by atoms with Crippen molar-refractivity contribution in [3.63, 3.8) is 0 Å². The Morgan fingerprint density at radius 1 is 0.930 bits per heavy atom. The number of hydrogen-bond acceptors (Lipinski definition) is 6. The number of amides is 2. The second-order valence-electron chi connectivity index (χ2n) is 10.8. The van der Waals surface area contributed by atoms with Crippen molar-refractivity contribution < 1.29 is 14.3 Å². The summed E-state index contributed by atoms with van der Waals surface area (Å²) in [5.41, 5.74) is 4.09. The molecule has 4 aromatic rings. The number of morpholine rings is 1. The zero-order chi connectivity index (χ0) is 30.7. The third-order valence-electron chi connectivity index (χ3n) is 7.74. The maximum Gasteiger partial charge on any atom is 0.269 e. The smallest absolute Gasteiger partial charge is 0.269 e. The predicted molar refractivity (Wildman–Crippen MR) is 169 cm³/mol. The van der Waals surface area contributed by atoms with Crippen molar-refractivity contribution in [2.45, 2.75) is 12.6 Å². The summed E-state index contributed by atoms with van der Waals surface area (Å²) in [5, 5.41) is 0.600. The zero-order valence-corrected chi connectivity index (χ0v) is 25.8. The van der Waals surface area contributed by atoms with Crippen LogP contribution in [0.25, 0.3) is 22.2 Å². The average Bonchev–Trinajstić information content (AvgIpc) is 3.02. The van der Waals surface area contributed by atoms with Crippen molar-refractivity contribution in [2.24, 2.45) is 0 Å². The van der Waals surface area contributed by atoms with Gasteiger partial charge in [0.05, 0.1) is 46.5 Å². The van der Waals surface area contributed by atoms with Crippen molar-refractivity contribution in [2.75, 3.05) is 54.0 Å². The molecule has 11 heteroatoms. The minimum absolute atomic E-state index is 0.0468. The molecule has 1 unspecified atom stereocenters. The van der Waals surface area contributed by atoms with Gasteiger partial charge in [-0.25, -0.2) is 4.98 Å². The molecule has 3 aromatic carbocycles. The Kier molecular flexibility index (Phi) is 9.46. The van der Waals surface area contributed by atoms with Gasteiger partial charge in [0.1, 0.15) is 6.54 Å². The van der Waals surface area contributed by atoms with Gasteiger partial charge in [0.2, 0.25) is 5.91 Å². The number of nitrogens with zero attached hydrogens (tertiary/aromatic N) is 5. The van der Waals surface area contributed by atoms with Crippen LogP contribution in [0, 0.1) is 0 Å². The third kappa shape index (κ3) is 6.91. The summed E-state index contributed by atoms with van der Waals surface area (Å²) >= 11 is 12.4. The maximum absolute atomic E-state index is 13.8. The molecule has 0 N–H and O–H groups in total. The number of likely N-dealkylation sites (N-methyl/N-ethyl adjacent to an activating group) is 1. The van der Waals surface area contributed by atoms with Gasteiger partial charge in [0, 0.05) is 46.3 Å². The summed E-state index contributed by atoms with van der Waals surface area (Å²) < 4.78 is 6.91. The third-order valence-corrected chi connectivity index (χ3v) is 8.47. The van der Waals surface area contributed by atoms with Gasteiger partial charge in [-0.15, -0.1) is 0 Å². The summed E-state index contributed by atoms with van der Waals surface area (Å²) in [7, 11) is 5.22. The minimum atomic E-state index is -0.403. The highest BCUT2D eigenvalue weighted by atomic mass is 35.5. The molecule has 1 fully saturated rings. The largest absolute Gasteiger partial charge is 0.379 e. The molecule has 2 amide bonds. The molecule has 43 heavy (non-hydrogen) atoms. The van der Waals surface area contributed by atoms with Crippen LogP contribution in [0.3, 0.4) is 0 Å². The van der Waals surface area contributed by atoms with Gasteiger partial charge in [-0.05, 0) is 41.0 Å². The number of ether oxygens (including phenoxy) is 1. The highest BCUT2D eigenvalue weighted by Gasteiger charge is 2.26. The van der Waals surface area contributed by atoms with Gasteiger partial charge in [0.25, 0.3) is 11.5 Å². The molecule has 9 nitrogen and oxygen atoms in total. The van der Waals surface area contributed by atoms with Crippen molar-refractivity contribution >= 4 is 46.0 Å². The van der Waals surface area contributed by atoms with Crippen molar-refractivity contribution in [3.05, 3.63) is 98.4 Å². The van der Waals surface area contributed by atoms with Crippen LogP contribution >= 0.6 is 23.2 Å². The van der Waals surface area contributed by atoms with E-state index in [1.165, 1.54) is 10.8 Å². The number of aromatic nitrogens is 2. The lowest BCUT2D eigenvalue weighted by atomic mass is 9.98. The monoisotopic (exact) mass is 621 g/mol. The molecule has 0 spiro atoms. The Labute approximate surface area is 260 Å². The molecule has 1 saturated heterocycles. The average molecular weight is 623 g/mol. The summed E-state index contributed by atoms with van der Waals surface area (Å²) in [6.07, 6.45) is 1.19. The molecule has 1 aliphatic heterocycles. The van der Waals surface area contributed by atoms with Crippen LogP contribution in [-0.4, -0.2) is 90.1 Å². The van der Waals surface area contributed by atoms with E-state index in [9.17, 15) is 14.4 Å². The first-order valence-electron chi connectivity index (χ1n) is 13.9. The molecule has 1 aliphatic rings. The van der Waals surface area contributed by atoms with Gasteiger partial charge in [-0.2, -0.15) is 0 Å². The normalized spacial score (nSPS) is 14.4. The predicted octanol–water partition coefficient (Wildman–Crippen LogP) is 4.60. The first-order valence-corrected chi connectivity index (χ1v) is 14.7. The Balaban J connectivity index is 1.41. The molecular weight excluding hydrogens is 589 g/mol. The standard InChI is InChI=1S/C32H33Cl2N5O4/c1-36(2)32(42)24-10-6-22(7-11-24)21-4-8-23(9-5-21)29(19-38-12-14-43-15-13-38)37(3)31(41)20-39-28-17-26(34)25(33)16-27(28)35-18-30(39)40/h4-11,16-18,29H,12-15,19-20H2,1-3H3. The van der Waals surface area contributed by atoms with Gasteiger partial charge >= 0.3 is 0 Å². The quantitative estimate of drug-likeness (QED) is 0.286. The molecule has 224 valence electrons. The number of halogens is 2. The van der Waals surface area contributed by atoms with Crippen molar-refractivity contribution in [1.29, 1.82) is 0 Å². The van der Waals surface area contributed by atoms with Crippen molar-refractivity contribution in [3.8, 4) is 11.1 Å². The Morgan fingerprint density at radius 2 is 1.53 bits per heavy atom. The molecule has 2 heterocycles. The second kappa shape index (κ2) is 13.3. The minimum Gasteiger partial charge on any atom is -0.379 e. The van der Waals surface area contributed by atoms with Crippen LogP contribution in [0.4, 0.5) is 0 Å². The van der Waals surface area contributed by atoms with Gasteiger partial charge in [-0.3, -0.25) is 23.9 Å². The summed E-state index contributed by atoms with van der Waals surface area (Å²) in [4.78, 5) is 48.5. The first kappa shape index (κ1) is 30.7. The summed E-state index contributed by atoms with van der Waals surface area (Å²) in [6.45, 7) is 3.24. The van der Waals surface area contributed by atoms with Crippen LogP contribution in [0.2, 0.25) is 10.0 Å². The molecule has 0 aliphatic carbocycles. The number of fused-ring (bicyclic) bond motifs is 1. The molecule has 1 aromatic heterocycles. The zero-order valence-electron chi connectivity index (χ0n) is 24.3. The van der Waals surface area contributed by atoms with Crippen LogP contribution in [0.1, 0.15) is 22.0 Å². The van der Waals surface area contributed by atoms with E-state index in [1.54, 1.807) is 43.1 Å². The number of carbonyl (C=O) groups is 2. The molecule has 5 rings (SSSR count). The SMILES string of the molecule is CN(C)C(=O)c1ccc(-c2ccc(C(CN3CCOCC3)N(C)C(=O)Cn3c(=O)cnc4cc(Cl)c(Cl)cc43)cc2)cc1. The summed E-state index contributed by atoms with van der Waals surface area (Å²) in [6, 6.07) is 18.5. The summed E-state index contributed by atoms with van der Waals surface area (Å²) in [5.74, 6) is -0.279. The van der Waals surface area contributed by atoms with Crippen LogP contribution in [0.15, 0.2) is 71.7 Å². The Morgan fingerprint density at radius 3 is 2.16 bits per heavy atom. The fourth-order valence-electron chi connectivity index (χ4n) is 5.18. The topological polar surface area (TPSA) is 88.0 Å². The number of hydrogen-bond donors (Lipinski definition) is 0. The van der Waals surface area contributed by atoms with E-state index in [-0.39, 0.29) is 29.4 Å². The van der Waals surface area contributed by atoms with Crippen molar-refractivity contribution in [1.82, 2.24) is 24.3 Å². The highest BCUT2D eigenvalue weighted by molar-refractivity contribution is 6.42. The molecule has 0 radical (unpaired) electrons. The van der Waals surface area contributed by atoms with Crippen LogP contribution in [-0.2, 0) is 16.1 Å². The lowest BCUT2D eigenvalue weighted by Crippen LogP contribution is -2.45. The lowest BCUT2D eigenvalue weighted by molar-refractivity contribution is -0.133. The number of rotatable bonds is 8. The van der Waals surface area contributed by atoms with E-state index in [4.69, 9.17) is 27.9 Å².